The largest absolute Gasteiger partial charge is 0.352 e. The third kappa shape index (κ3) is 3.93. The second-order valence-corrected chi connectivity index (χ2v) is 6.13. The van der Waals surface area contributed by atoms with Gasteiger partial charge in [0, 0.05) is 18.6 Å². The predicted molar refractivity (Wildman–Crippen MR) is 77.9 cm³/mol. The van der Waals surface area contributed by atoms with Gasteiger partial charge in [-0.2, -0.15) is 0 Å². The summed E-state index contributed by atoms with van der Waals surface area (Å²) < 4.78 is 0. The summed E-state index contributed by atoms with van der Waals surface area (Å²) >= 11 is 0. The van der Waals surface area contributed by atoms with Crippen LogP contribution in [0.5, 0.6) is 0 Å². The van der Waals surface area contributed by atoms with Crippen molar-refractivity contribution in [3.63, 3.8) is 0 Å². The number of carbonyl (C=O) groups excluding carboxylic acids is 1. The quantitative estimate of drug-likeness (QED) is 0.737. The van der Waals surface area contributed by atoms with Gasteiger partial charge in [-0.15, -0.1) is 0 Å². The molecule has 0 aromatic rings. The Balaban J connectivity index is 1.85. The third-order valence-electron chi connectivity index (χ3n) is 4.74. The van der Waals surface area contributed by atoms with Crippen LogP contribution in [0.25, 0.3) is 0 Å². The topological polar surface area (TPSA) is 58.4 Å². The van der Waals surface area contributed by atoms with E-state index in [4.69, 9.17) is 5.73 Å². The van der Waals surface area contributed by atoms with Crippen LogP contribution in [0.15, 0.2) is 0 Å². The third-order valence-corrected chi connectivity index (χ3v) is 4.74. The second kappa shape index (κ2) is 7.25. The molecule has 2 rings (SSSR count). The first-order valence-electron chi connectivity index (χ1n) is 7.98. The molecule has 19 heavy (non-hydrogen) atoms. The smallest absolute Gasteiger partial charge is 0.237 e. The first-order chi connectivity index (χ1) is 9.22. The molecule has 0 aromatic carbocycles. The Labute approximate surface area is 117 Å². The first kappa shape index (κ1) is 14.8. The molecule has 2 aliphatic carbocycles. The van der Waals surface area contributed by atoms with Crippen LogP contribution in [-0.2, 0) is 4.79 Å². The minimum Gasteiger partial charge on any atom is -0.352 e. The van der Waals surface area contributed by atoms with E-state index < -0.39 is 0 Å². The zero-order valence-corrected chi connectivity index (χ0v) is 12.2. The number of rotatable bonds is 7. The molecule has 0 saturated heterocycles. The van der Waals surface area contributed by atoms with Gasteiger partial charge in [-0.3, -0.25) is 9.69 Å². The molecule has 0 heterocycles. The highest BCUT2D eigenvalue weighted by Gasteiger charge is 2.32. The van der Waals surface area contributed by atoms with Crippen LogP contribution in [0.3, 0.4) is 0 Å². The minimum atomic E-state index is -0.00236. The summed E-state index contributed by atoms with van der Waals surface area (Å²) in [6.45, 7) is 3.72. The van der Waals surface area contributed by atoms with Crippen LogP contribution < -0.4 is 11.1 Å². The Morgan fingerprint density at radius 2 is 1.95 bits per heavy atom. The Morgan fingerprint density at radius 1 is 1.26 bits per heavy atom. The number of hydrogen-bond donors (Lipinski definition) is 2. The van der Waals surface area contributed by atoms with Crippen LogP contribution >= 0.6 is 0 Å². The highest BCUT2D eigenvalue weighted by atomic mass is 16.2. The number of hydrogen-bond acceptors (Lipinski definition) is 3. The summed E-state index contributed by atoms with van der Waals surface area (Å²) in [7, 11) is 0. The average molecular weight is 267 g/mol. The molecule has 0 aliphatic heterocycles. The molecule has 0 bridgehead atoms. The van der Waals surface area contributed by atoms with Crippen molar-refractivity contribution in [3.8, 4) is 0 Å². The molecule has 110 valence electrons. The van der Waals surface area contributed by atoms with Crippen molar-refractivity contribution in [2.45, 2.75) is 76.4 Å². The SMILES string of the molecule is CC(C(=O)NC1CCCC1)N(CCCN)C1CCC1. The Kier molecular flexibility index (Phi) is 5.64. The normalized spacial score (nSPS) is 22.5. The van der Waals surface area contributed by atoms with Crippen LogP contribution in [0.2, 0.25) is 0 Å². The van der Waals surface area contributed by atoms with E-state index >= 15 is 0 Å². The summed E-state index contributed by atoms with van der Waals surface area (Å²) in [4.78, 5) is 14.7. The molecule has 1 unspecified atom stereocenters. The van der Waals surface area contributed by atoms with Crippen molar-refractivity contribution in [1.82, 2.24) is 10.2 Å². The van der Waals surface area contributed by atoms with Crippen LogP contribution in [0.4, 0.5) is 0 Å². The van der Waals surface area contributed by atoms with Crippen molar-refractivity contribution in [3.05, 3.63) is 0 Å². The first-order valence-corrected chi connectivity index (χ1v) is 7.98. The Hall–Kier alpha value is -0.610. The van der Waals surface area contributed by atoms with Gasteiger partial charge < -0.3 is 11.1 Å². The zero-order valence-electron chi connectivity index (χ0n) is 12.2. The van der Waals surface area contributed by atoms with Gasteiger partial charge in [0.1, 0.15) is 0 Å². The molecule has 3 N–H and O–H groups in total. The number of nitrogens with zero attached hydrogens (tertiary/aromatic N) is 1. The maximum atomic E-state index is 12.4. The van der Waals surface area contributed by atoms with E-state index in [1.54, 1.807) is 0 Å². The van der Waals surface area contributed by atoms with E-state index in [0.29, 0.717) is 18.6 Å². The van der Waals surface area contributed by atoms with Crippen molar-refractivity contribution < 1.29 is 4.79 Å². The lowest BCUT2D eigenvalue weighted by Crippen LogP contribution is -2.53. The molecule has 1 atom stereocenters. The summed E-state index contributed by atoms with van der Waals surface area (Å²) in [5.74, 6) is 0.218. The zero-order chi connectivity index (χ0) is 13.7. The van der Waals surface area contributed by atoms with Crippen LogP contribution in [0.1, 0.15) is 58.3 Å². The summed E-state index contributed by atoms with van der Waals surface area (Å²) in [5, 5.41) is 3.23. The van der Waals surface area contributed by atoms with Gasteiger partial charge in [-0.25, -0.2) is 0 Å². The molecule has 1 amide bonds. The molecular formula is C15H29N3O. The standard InChI is InChI=1S/C15H29N3O/c1-12(15(19)17-13-6-2-3-7-13)18(11-5-10-16)14-8-4-9-14/h12-14H,2-11,16H2,1H3,(H,17,19). The molecule has 2 saturated carbocycles. The number of carbonyl (C=O) groups is 1. The lowest BCUT2D eigenvalue weighted by atomic mass is 9.90. The van der Waals surface area contributed by atoms with Gasteiger partial charge in [0.05, 0.1) is 6.04 Å². The van der Waals surface area contributed by atoms with Gasteiger partial charge in [0.25, 0.3) is 0 Å². The van der Waals surface area contributed by atoms with Gasteiger partial charge >= 0.3 is 0 Å². The maximum Gasteiger partial charge on any atom is 0.237 e. The van der Waals surface area contributed by atoms with E-state index in [-0.39, 0.29) is 11.9 Å². The summed E-state index contributed by atoms with van der Waals surface area (Å²) in [5.41, 5.74) is 5.62. The highest BCUT2D eigenvalue weighted by Crippen LogP contribution is 2.27. The van der Waals surface area contributed by atoms with E-state index in [0.717, 1.165) is 25.8 Å². The van der Waals surface area contributed by atoms with E-state index in [9.17, 15) is 4.79 Å². The Bertz CT molecular complexity index is 285. The van der Waals surface area contributed by atoms with Gasteiger partial charge in [-0.1, -0.05) is 19.3 Å². The van der Waals surface area contributed by atoms with E-state index in [1.165, 1.54) is 32.1 Å². The summed E-state index contributed by atoms with van der Waals surface area (Å²) in [6.07, 6.45) is 9.61. The molecule has 4 nitrogen and oxygen atoms in total. The van der Waals surface area contributed by atoms with E-state index in [1.807, 2.05) is 0 Å². The minimum absolute atomic E-state index is 0.00236. The van der Waals surface area contributed by atoms with Crippen molar-refractivity contribution in [2.75, 3.05) is 13.1 Å². The fourth-order valence-corrected chi connectivity index (χ4v) is 3.23. The number of nitrogens with one attached hydrogen (secondary N) is 1. The van der Waals surface area contributed by atoms with E-state index in [2.05, 4.69) is 17.1 Å². The van der Waals surface area contributed by atoms with Gasteiger partial charge in [0.15, 0.2) is 0 Å². The maximum absolute atomic E-state index is 12.4. The molecule has 2 aliphatic rings. The fourth-order valence-electron chi connectivity index (χ4n) is 3.23. The van der Waals surface area contributed by atoms with Gasteiger partial charge in [-0.05, 0) is 45.6 Å². The molecule has 4 heteroatoms. The Morgan fingerprint density at radius 3 is 2.47 bits per heavy atom. The molecule has 0 radical (unpaired) electrons. The molecular weight excluding hydrogens is 238 g/mol. The fraction of sp³-hybridized carbons (Fsp3) is 0.933. The van der Waals surface area contributed by atoms with Crippen molar-refractivity contribution >= 4 is 5.91 Å². The number of amides is 1. The summed E-state index contributed by atoms with van der Waals surface area (Å²) in [6, 6.07) is 1.03. The average Bonchev–Trinajstić information content (AvgIpc) is 2.83. The second-order valence-electron chi connectivity index (χ2n) is 6.13. The monoisotopic (exact) mass is 267 g/mol. The highest BCUT2D eigenvalue weighted by molar-refractivity contribution is 5.81. The lowest BCUT2D eigenvalue weighted by Gasteiger charge is -2.41. The van der Waals surface area contributed by atoms with Crippen LogP contribution in [0, 0.1) is 0 Å². The molecule has 2 fully saturated rings. The van der Waals surface area contributed by atoms with Crippen molar-refractivity contribution in [1.29, 1.82) is 0 Å². The predicted octanol–water partition coefficient (Wildman–Crippen LogP) is 1.64. The van der Waals surface area contributed by atoms with Crippen LogP contribution in [-0.4, -0.2) is 42.0 Å². The van der Waals surface area contributed by atoms with Crippen molar-refractivity contribution in [2.24, 2.45) is 5.73 Å². The lowest BCUT2D eigenvalue weighted by molar-refractivity contribution is -0.128. The molecule has 0 spiro atoms. The number of nitrogens with two attached hydrogens (primary N) is 1. The molecule has 0 aromatic heterocycles. The van der Waals surface area contributed by atoms with Gasteiger partial charge in [0.2, 0.25) is 5.91 Å².